The topological polar surface area (TPSA) is 109 Å². The second kappa shape index (κ2) is 9.48. The standard InChI is InChI=1S/C26H29F2N3O5/c1-15-8-11-19(21(29-15)36-24(27)28)30-22(33)26(18-7-5-4-6-17(18)16-9-10-16)13-31(14-26)20(32)12-25(2,3)23(34)35/h4-8,11,16,24H,9-10,12-14H2,1-3H3,(H,30,33)(H,34,35). The Morgan fingerprint density at radius 1 is 1.19 bits per heavy atom. The van der Waals surface area contributed by atoms with Crippen molar-refractivity contribution < 1.29 is 33.0 Å². The Hall–Kier alpha value is -3.56. The van der Waals surface area contributed by atoms with Crippen molar-refractivity contribution in [1.82, 2.24) is 9.88 Å². The lowest BCUT2D eigenvalue weighted by molar-refractivity contribution is -0.155. The molecule has 2 N–H and O–H groups in total. The lowest BCUT2D eigenvalue weighted by Crippen LogP contribution is -2.67. The number of amides is 2. The average molecular weight is 502 g/mol. The van der Waals surface area contributed by atoms with Crippen LogP contribution in [0.1, 0.15) is 55.8 Å². The molecule has 192 valence electrons. The lowest BCUT2D eigenvalue weighted by atomic mass is 9.70. The number of hydrogen-bond donors (Lipinski definition) is 2. The predicted molar refractivity (Wildman–Crippen MR) is 127 cm³/mol. The van der Waals surface area contributed by atoms with Gasteiger partial charge in [0.25, 0.3) is 0 Å². The van der Waals surface area contributed by atoms with Crippen LogP contribution in [-0.4, -0.2) is 52.5 Å². The molecule has 1 saturated carbocycles. The monoisotopic (exact) mass is 501 g/mol. The van der Waals surface area contributed by atoms with Crippen molar-refractivity contribution in [2.24, 2.45) is 5.41 Å². The molecule has 1 aromatic heterocycles. The van der Waals surface area contributed by atoms with Gasteiger partial charge in [0.2, 0.25) is 17.7 Å². The summed E-state index contributed by atoms with van der Waals surface area (Å²) in [7, 11) is 0. The third-order valence-electron chi connectivity index (χ3n) is 6.82. The number of halogens is 2. The van der Waals surface area contributed by atoms with E-state index in [9.17, 15) is 28.3 Å². The van der Waals surface area contributed by atoms with Gasteiger partial charge in [0.1, 0.15) is 11.1 Å². The first-order chi connectivity index (χ1) is 16.9. The molecule has 0 radical (unpaired) electrons. The van der Waals surface area contributed by atoms with Crippen LogP contribution < -0.4 is 10.1 Å². The van der Waals surface area contributed by atoms with Crippen molar-refractivity contribution in [1.29, 1.82) is 0 Å². The van der Waals surface area contributed by atoms with Crippen molar-refractivity contribution >= 4 is 23.5 Å². The van der Waals surface area contributed by atoms with Crippen LogP contribution in [0.15, 0.2) is 36.4 Å². The van der Waals surface area contributed by atoms with Gasteiger partial charge in [-0.15, -0.1) is 0 Å². The van der Waals surface area contributed by atoms with Gasteiger partial charge in [-0.3, -0.25) is 14.4 Å². The number of pyridine rings is 1. The smallest absolute Gasteiger partial charge is 0.388 e. The molecule has 0 atom stereocenters. The number of rotatable bonds is 9. The number of carbonyl (C=O) groups is 3. The predicted octanol–water partition coefficient (Wildman–Crippen LogP) is 4.09. The van der Waals surface area contributed by atoms with Gasteiger partial charge < -0.3 is 20.1 Å². The van der Waals surface area contributed by atoms with Gasteiger partial charge in [0, 0.05) is 25.2 Å². The molecule has 2 aromatic rings. The van der Waals surface area contributed by atoms with Crippen LogP contribution in [0.2, 0.25) is 0 Å². The van der Waals surface area contributed by atoms with E-state index in [1.807, 2.05) is 24.3 Å². The van der Waals surface area contributed by atoms with E-state index in [0.717, 1.165) is 24.0 Å². The number of aliphatic carboxylic acids is 1. The molecular formula is C26H29F2N3O5. The number of aryl methyl sites for hydroxylation is 1. The van der Waals surface area contributed by atoms with Crippen LogP contribution in [-0.2, 0) is 19.8 Å². The van der Waals surface area contributed by atoms with Crippen LogP contribution in [0.3, 0.4) is 0 Å². The highest BCUT2D eigenvalue weighted by molar-refractivity contribution is 6.03. The summed E-state index contributed by atoms with van der Waals surface area (Å²) in [6.07, 6.45) is 1.79. The lowest BCUT2D eigenvalue weighted by Gasteiger charge is -2.50. The van der Waals surface area contributed by atoms with E-state index < -0.39 is 29.3 Å². The summed E-state index contributed by atoms with van der Waals surface area (Å²) >= 11 is 0. The second-order valence-electron chi connectivity index (χ2n) is 10.2. The largest absolute Gasteiger partial charge is 0.481 e. The molecule has 10 heteroatoms. The van der Waals surface area contributed by atoms with Crippen molar-refractivity contribution in [2.45, 2.75) is 58.0 Å². The molecule has 1 aromatic carbocycles. The summed E-state index contributed by atoms with van der Waals surface area (Å²) in [5, 5.41) is 12.1. The zero-order valence-electron chi connectivity index (χ0n) is 20.4. The molecule has 0 spiro atoms. The normalized spacial score (nSPS) is 16.9. The third kappa shape index (κ3) is 5.03. The van der Waals surface area contributed by atoms with E-state index >= 15 is 0 Å². The van der Waals surface area contributed by atoms with Crippen LogP contribution in [0.4, 0.5) is 14.5 Å². The summed E-state index contributed by atoms with van der Waals surface area (Å²) in [6, 6.07) is 10.6. The van der Waals surface area contributed by atoms with Crippen molar-refractivity contribution in [3.05, 3.63) is 53.2 Å². The molecule has 2 amide bonds. The van der Waals surface area contributed by atoms with E-state index in [0.29, 0.717) is 11.6 Å². The number of ether oxygens (including phenoxy) is 1. The summed E-state index contributed by atoms with van der Waals surface area (Å²) in [4.78, 5) is 43.6. The Kier molecular flexibility index (Phi) is 6.72. The fourth-order valence-electron chi connectivity index (χ4n) is 4.51. The molecule has 2 aliphatic rings. The van der Waals surface area contributed by atoms with E-state index in [1.54, 1.807) is 13.0 Å². The number of benzene rings is 1. The number of carboxylic acid groups (broad SMARTS) is 1. The summed E-state index contributed by atoms with van der Waals surface area (Å²) in [6.45, 7) is 1.54. The van der Waals surface area contributed by atoms with Crippen molar-refractivity contribution in [3.63, 3.8) is 0 Å². The summed E-state index contributed by atoms with van der Waals surface area (Å²) in [5.41, 5.74) is -0.127. The quantitative estimate of drug-likeness (QED) is 0.536. The number of likely N-dealkylation sites (tertiary alicyclic amines) is 1. The molecule has 1 saturated heterocycles. The molecule has 8 nitrogen and oxygen atoms in total. The minimum absolute atomic E-state index is 0.00552. The fraction of sp³-hybridized carbons (Fsp3) is 0.462. The SMILES string of the molecule is Cc1ccc(NC(=O)C2(c3ccccc3C3CC3)CN(C(=O)CC(C)(C)C(=O)O)C2)c(OC(F)F)n1. The van der Waals surface area contributed by atoms with Gasteiger partial charge in [-0.25, -0.2) is 4.98 Å². The first-order valence-electron chi connectivity index (χ1n) is 11.8. The number of aromatic nitrogens is 1. The van der Waals surface area contributed by atoms with Gasteiger partial charge in [-0.1, -0.05) is 24.3 Å². The first kappa shape index (κ1) is 25.5. The van der Waals surface area contributed by atoms with Gasteiger partial charge in [-0.2, -0.15) is 8.78 Å². The van der Waals surface area contributed by atoms with Gasteiger partial charge in [0.15, 0.2) is 0 Å². The molecule has 4 rings (SSSR count). The Balaban J connectivity index is 1.65. The number of nitrogens with one attached hydrogen (secondary N) is 1. The van der Waals surface area contributed by atoms with E-state index in [-0.39, 0.29) is 37.0 Å². The number of nitrogens with zero attached hydrogens (tertiary/aromatic N) is 2. The maximum absolute atomic E-state index is 13.8. The fourth-order valence-corrected chi connectivity index (χ4v) is 4.51. The highest BCUT2D eigenvalue weighted by Crippen LogP contribution is 2.47. The van der Waals surface area contributed by atoms with Crippen molar-refractivity contribution in [2.75, 3.05) is 18.4 Å². The van der Waals surface area contributed by atoms with Crippen LogP contribution >= 0.6 is 0 Å². The van der Waals surface area contributed by atoms with Crippen molar-refractivity contribution in [3.8, 4) is 5.88 Å². The zero-order chi connectivity index (χ0) is 26.3. The van der Waals surface area contributed by atoms with E-state index in [4.69, 9.17) is 0 Å². The first-order valence-corrected chi connectivity index (χ1v) is 11.8. The van der Waals surface area contributed by atoms with Crippen LogP contribution in [0, 0.1) is 12.3 Å². The van der Waals surface area contributed by atoms with Gasteiger partial charge in [-0.05, 0) is 62.8 Å². The number of alkyl halides is 2. The molecule has 2 heterocycles. The Morgan fingerprint density at radius 2 is 1.86 bits per heavy atom. The highest BCUT2D eigenvalue weighted by atomic mass is 19.3. The van der Waals surface area contributed by atoms with E-state index in [1.165, 1.54) is 24.8 Å². The number of hydrogen-bond acceptors (Lipinski definition) is 5. The third-order valence-corrected chi connectivity index (χ3v) is 6.82. The van der Waals surface area contributed by atoms with Crippen LogP contribution in [0.5, 0.6) is 5.88 Å². The maximum Gasteiger partial charge on any atom is 0.388 e. The molecule has 1 aliphatic heterocycles. The van der Waals surface area contributed by atoms with E-state index in [2.05, 4.69) is 15.0 Å². The Morgan fingerprint density at radius 3 is 2.47 bits per heavy atom. The molecule has 1 aliphatic carbocycles. The molecule has 2 fully saturated rings. The highest BCUT2D eigenvalue weighted by Gasteiger charge is 2.54. The number of anilines is 1. The maximum atomic E-state index is 13.8. The molecule has 0 bridgehead atoms. The minimum atomic E-state index is -3.12. The Labute approximate surface area is 207 Å². The second-order valence-corrected chi connectivity index (χ2v) is 10.2. The number of carboxylic acids is 1. The minimum Gasteiger partial charge on any atom is -0.481 e. The average Bonchev–Trinajstić information content (AvgIpc) is 3.60. The van der Waals surface area contributed by atoms with Crippen LogP contribution in [0.25, 0.3) is 0 Å². The zero-order valence-corrected chi connectivity index (χ0v) is 20.4. The summed E-state index contributed by atoms with van der Waals surface area (Å²) in [5.74, 6) is -1.99. The molecule has 0 unspecified atom stereocenters. The molecular weight excluding hydrogens is 472 g/mol. The summed E-state index contributed by atoms with van der Waals surface area (Å²) < 4.78 is 30.5. The number of carbonyl (C=O) groups excluding carboxylic acids is 2. The Bertz CT molecular complexity index is 1190. The van der Waals surface area contributed by atoms with Gasteiger partial charge in [0.05, 0.1) is 5.41 Å². The van der Waals surface area contributed by atoms with Gasteiger partial charge >= 0.3 is 12.6 Å². The molecule has 36 heavy (non-hydrogen) atoms.